The monoisotopic (exact) mass is 250 g/mol. The van der Waals surface area contributed by atoms with Gasteiger partial charge in [-0.2, -0.15) is 4.98 Å². The summed E-state index contributed by atoms with van der Waals surface area (Å²) in [5.74, 6) is 1.57. The van der Waals surface area contributed by atoms with E-state index in [-0.39, 0.29) is 6.61 Å². The summed E-state index contributed by atoms with van der Waals surface area (Å²) in [5.41, 5.74) is 0.763. The summed E-state index contributed by atoms with van der Waals surface area (Å²) in [5, 5.41) is 13.1. The highest BCUT2D eigenvalue weighted by atomic mass is 16.5. The molecule has 0 aliphatic heterocycles. The molecule has 0 spiro atoms. The molecule has 1 heterocycles. The summed E-state index contributed by atoms with van der Waals surface area (Å²) in [4.78, 5) is 3.85. The summed E-state index contributed by atoms with van der Waals surface area (Å²) in [6, 6.07) is 5.25. The van der Waals surface area contributed by atoms with Crippen LogP contribution >= 0.6 is 0 Å². The molecule has 0 amide bonds. The molecule has 0 aliphatic carbocycles. The number of methoxy groups -OCH3 is 1. The first-order valence-corrected chi connectivity index (χ1v) is 5.44. The molecule has 2 aromatic rings. The Kier molecular flexibility index (Phi) is 3.78. The first-order chi connectivity index (χ1) is 8.70. The average molecular weight is 250 g/mol. The normalized spacial score (nSPS) is 12.2. The van der Waals surface area contributed by atoms with Crippen molar-refractivity contribution in [2.45, 2.75) is 19.6 Å². The molecule has 1 N–H and O–H groups in total. The van der Waals surface area contributed by atoms with E-state index in [0.717, 1.165) is 5.56 Å². The molecule has 6 nitrogen and oxygen atoms in total. The molecule has 0 unspecified atom stereocenters. The molecule has 0 fully saturated rings. The zero-order valence-electron chi connectivity index (χ0n) is 10.2. The summed E-state index contributed by atoms with van der Waals surface area (Å²) >= 11 is 0. The third-order valence-electron chi connectivity index (χ3n) is 2.43. The summed E-state index contributed by atoms with van der Waals surface area (Å²) in [6.07, 6.45) is 0.692. The van der Waals surface area contributed by atoms with Gasteiger partial charge < -0.3 is 19.1 Å². The number of aliphatic hydroxyl groups is 1. The first-order valence-electron chi connectivity index (χ1n) is 5.44. The van der Waals surface area contributed by atoms with Crippen molar-refractivity contribution < 1.29 is 19.1 Å². The molecule has 2 rings (SSSR count). The predicted molar refractivity (Wildman–Crippen MR) is 62.3 cm³/mol. The predicted octanol–water partition coefficient (Wildman–Crippen LogP) is 1.71. The Morgan fingerprint density at radius 1 is 1.39 bits per heavy atom. The number of aromatic nitrogens is 2. The number of ether oxygens (including phenoxy) is 2. The second-order valence-electron chi connectivity index (χ2n) is 3.72. The number of rotatable bonds is 5. The first kappa shape index (κ1) is 12.4. The van der Waals surface area contributed by atoms with Crippen LogP contribution in [-0.4, -0.2) is 22.4 Å². The summed E-state index contributed by atoms with van der Waals surface area (Å²) in [6.45, 7) is 1.88. The lowest BCUT2D eigenvalue weighted by atomic mass is 10.1. The second kappa shape index (κ2) is 5.50. The van der Waals surface area contributed by atoms with Crippen molar-refractivity contribution in [1.29, 1.82) is 0 Å². The van der Waals surface area contributed by atoms with Crippen molar-refractivity contribution in [2.75, 3.05) is 7.11 Å². The zero-order valence-corrected chi connectivity index (χ0v) is 10.2. The lowest BCUT2D eigenvalue weighted by Crippen LogP contribution is -2.00. The molecule has 0 bridgehead atoms. The fourth-order valence-corrected chi connectivity index (χ4v) is 1.46. The Morgan fingerprint density at radius 2 is 2.22 bits per heavy atom. The van der Waals surface area contributed by atoms with Crippen LogP contribution in [0.1, 0.15) is 24.4 Å². The van der Waals surface area contributed by atoms with E-state index in [1.54, 1.807) is 32.2 Å². The molecule has 0 saturated carbocycles. The van der Waals surface area contributed by atoms with Crippen LogP contribution in [0.4, 0.5) is 0 Å². The summed E-state index contributed by atoms with van der Waals surface area (Å²) < 4.78 is 15.3. The van der Waals surface area contributed by atoms with Gasteiger partial charge in [-0.1, -0.05) is 11.2 Å². The SMILES string of the molecule is COc1cc([C@H](C)O)ccc1OCc1ncon1. The maximum atomic E-state index is 9.49. The molecule has 1 atom stereocenters. The smallest absolute Gasteiger partial charge is 0.213 e. The van der Waals surface area contributed by atoms with Crippen LogP contribution in [0, 0.1) is 0 Å². The lowest BCUT2D eigenvalue weighted by Gasteiger charge is -2.12. The number of benzene rings is 1. The third kappa shape index (κ3) is 2.78. The van der Waals surface area contributed by atoms with Crippen molar-refractivity contribution >= 4 is 0 Å². The van der Waals surface area contributed by atoms with E-state index in [2.05, 4.69) is 14.7 Å². The van der Waals surface area contributed by atoms with Gasteiger partial charge in [-0.25, -0.2) is 0 Å². The molecular formula is C12H14N2O4. The van der Waals surface area contributed by atoms with Gasteiger partial charge >= 0.3 is 0 Å². The Balaban J connectivity index is 2.12. The van der Waals surface area contributed by atoms with Crippen molar-refractivity contribution in [3.8, 4) is 11.5 Å². The van der Waals surface area contributed by atoms with E-state index in [4.69, 9.17) is 9.47 Å². The van der Waals surface area contributed by atoms with Crippen molar-refractivity contribution in [3.63, 3.8) is 0 Å². The van der Waals surface area contributed by atoms with Crippen LogP contribution in [-0.2, 0) is 6.61 Å². The molecule has 0 radical (unpaired) electrons. The van der Waals surface area contributed by atoms with Crippen LogP contribution in [0.5, 0.6) is 11.5 Å². The van der Waals surface area contributed by atoms with E-state index in [9.17, 15) is 5.11 Å². The minimum absolute atomic E-state index is 0.195. The molecule has 1 aromatic heterocycles. The Bertz CT molecular complexity index is 497. The van der Waals surface area contributed by atoms with E-state index >= 15 is 0 Å². The van der Waals surface area contributed by atoms with Gasteiger partial charge in [0.25, 0.3) is 0 Å². The minimum Gasteiger partial charge on any atom is -0.493 e. The average Bonchev–Trinajstić information content (AvgIpc) is 2.89. The van der Waals surface area contributed by atoms with Crippen molar-refractivity contribution in [3.05, 3.63) is 36.0 Å². The molecule has 96 valence electrons. The number of aliphatic hydroxyl groups excluding tert-OH is 1. The maximum absolute atomic E-state index is 9.49. The van der Waals surface area contributed by atoms with Gasteiger partial charge in [-0.05, 0) is 24.6 Å². The Labute approximate surface area is 104 Å². The molecule has 0 aliphatic rings. The van der Waals surface area contributed by atoms with Crippen LogP contribution in [0.3, 0.4) is 0 Å². The van der Waals surface area contributed by atoms with Crippen molar-refractivity contribution in [2.24, 2.45) is 0 Å². The van der Waals surface area contributed by atoms with E-state index < -0.39 is 6.10 Å². The quantitative estimate of drug-likeness (QED) is 0.870. The minimum atomic E-state index is -0.551. The maximum Gasteiger partial charge on any atom is 0.213 e. The van der Waals surface area contributed by atoms with Crippen LogP contribution in [0.25, 0.3) is 0 Å². The van der Waals surface area contributed by atoms with Gasteiger partial charge in [0, 0.05) is 0 Å². The molecule has 6 heteroatoms. The molecular weight excluding hydrogens is 236 g/mol. The molecule has 1 aromatic carbocycles. The second-order valence-corrected chi connectivity index (χ2v) is 3.72. The van der Waals surface area contributed by atoms with E-state index in [1.807, 2.05) is 0 Å². The largest absolute Gasteiger partial charge is 0.493 e. The Hall–Kier alpha value is -2.08. The molecule has 18 heavy (non-hydrogen) atoms. The van der Waals surface area contributed by atoms with Crippen LogP contribution in [0.2, 0.25) is 0 Å². The fraction of sp³-hybridized carbons (Fsp3) is 0.333. The van der Waals surface area contributed by atoms with Gasteiger partial charge in [0.2, 0.25) is 12.2 Å². The number of hydrogen-bond donors (Lipinski definition) is 1. The number of nitrogens with zero attached hydrogens (tertiary/aromatic N) is 2. The van der Waals surface area contributed by atoms with Gasteiger partial charge in [0.15, 0.2) is 18.1 Å². The highest BCUT2D eigenvalue weighted by Crippen LogP contribution is 2.30. The fourth-order valence-electron chi connectivity index (χ4n) is 1.46. The topological polar surface area (TPSA) is 77.6 Å². The van der Waals surface area contributed by atoms with Crippen molar-refractivity contribution in [1.82, 2.24) is 10.1 Å². The van der Waals surface area contributed by atoms with Gasteiger partial charge in [0.1, 0.15) is 0 Å². The van der Waals surface area contributed by atoms with Crippen LogP contribution < -0.4 is 9.47 Å². The van der Waals surface area contributed by atoms with Gasteiger partial charge in [-0.3, -0.25) is 0 Å². The standard InChI is InChI=1S/C12H14N2O4/c1-8(15)9-3-4-10(11(5-9)16-2)17-6-12-13-7-18-14-12/h3-5,7-8,15H,6H2,1-2H3/t8-/m0/s1. The lowest BCUT2D eigenvalue weighted by molar-refractivity contribution is 0.198. The van der Waals surface area contributed by atoms with E-state index in [1.165, 1.54) is 6.39 Å². The molecule has 0 saturated heterocycles. The Morgan fingerprint density at radius 3 is 2.83 bits per heavy atom. The zero-order chi connectivity index (χ0) is 13.0. The van der Waals surface area contributed by atoms with Crippen LogP contribution in [0.15, 0.2) is 29.1 Å². The summed E-state index contributed by atoms with van der Waals surface area (Å²) in [7, 11) is 1.54. The number of hydrogen-bond acceptors (Lipinski definition) is 6. The third-order valence-corrected chi connectivity index (χ3v) is 2.43. The van der Waals surface area contributed by atoms with Gasteiger partial charge in [-0.15, -0.1) is 0 Å². The highest BCUT2D eigenvalue weighted by Gasteiger charge is 2.09. The highest BCUT2D eigenvalue weighted by molar-refractivity contribution is 5.43. The van der Waals surface area contributed by atoms with Gasteiger partial charge in [0.05, 0.1) is 13.2 Å². The van der Waals surface area contributed by atoms with E-state index in [0.29, 0.717) is 17.3 Å².